The molecule has 1 atom stereocenters. The largest absolute Gasteiger partial charge is 0.351 e. The molecule has 21 heavy (non-hydrogen) atoms. The smallest absolute Gasteiger partial charge is 0.316 e. The third-order valence-electron chi connectivity index (χ3n) is 4.13. The summed E-state index contributed by atoms with van der Waals surface area (Å²) in [5.41, 5.74) is 7.02. The highest BCUT2D eigenvalue weighted by Crippen LogP contribution is 2.30. The summed E-state index contributed by atoms with van der Waals surface area (Å²) in [6, 6.07) is 7.52. The molecular formula is C16H27N3OS. The molecule has 0 saturated heterocycles. The SMILES string of the molecule is CCC(CC)(CNC(C)c1ccc(NC(N)=O)cc1)SC. The van der Waals surface area contributed by atoms with Gasteiger partial charge >= 0.3 is 6.03 Å². The maximum absolute atomic E-state index is 10.8. The van der Waals surface area contributed by atoms with Gasteiger partial charge < -0.3 is 16.4 Å². The number of primary amides is 1. The van der Waals surface area contributed by atoms with Crippen LogP contribution < -0.4 is 16.4 Å². The number of nitrogens with two attached hydrogens (primary N) is 1. The van der Waals surface area contributed by atoms with Crippen LogP contribution in [0.25, 0.3) is 0 Å². The lowest BCUT2D eigenvalue weighted by Crippen LogP contribution is -2.37. The van der Waals surface area contributed by atoms with Gasteiger partial charge in [-0.25, -0.2) is 4.79 Å². The van der Waals surface area contributed by atoms with Gasteiger partial charge in [-0.3, -0.25) is 0 Å². The second-order valence-electron chi connectivity index (χ2n) is 5.31. The van der Waals surface area contributed by atoms with E-state index in [2.05, 4.69) is 37.7 Å². The molecule has 0 bridgehead atoms. The van der Waals surface area contributed by atoms with E-state index in [4.69, 9.17) is 5.73 Å². The van der Waals surface area contributed by atoms with Crippen LogP contribution in [-0.2, 0) is 0 Å². The normalized spacial score (nSPS) is 13.0. The number of carbonyl (C=O) groups excluding carboxylic acids is 1. The standard InChI is InChI=1S/C16H27N3OS/c1-5-16(6-2,21-4)11-18-12(3)13-7-9-14(10-8-13)19-15(17)20/h7-10,12,18H,5-6,11H2,1-4H3,(H3,17,19,20). The fraction of sp³-hybridized carbons (Fsp3) is 0.562. The molecular weight excluding hydrogens is 282 g/mol. The van der Waals surface area contributed by atoms with Crippen molar-refractivity contribution in [3.05, 3.63) is 29.8 Å². The van der Waals surface area contributed by atoms with Crippen molar-refractivity contribution in [2.45, 2.75) is 44.4 Å². The number of urea groups is 1. The molecule has 0 fully saturated rings. The summed E-state index contributed by atoms with van der Waals surface area (Å²) in [7, 11) is 0. The first kappa shape index (κ1) is 17.9. The van der Waals surface area contributed by atoms with Gasteiger partial charge in [0.25, 0.3) is 0 Å². The summed E-state index contributed by atoms with van der Waals surface area (Å²) in [5.74, 6) is 0. The van der Waals surface area contributed by atoms with E-state index >= 15 is 0 Å². The number of thioether (sulfide) groups is 1. The predicted molar refractivity (Wildman–Crippen MR) is 92.9 cm³/mol. The number of amides is 2. The number of carbonyl (C=O) groups is 1. The highest BCUT2D eigenvalue weighted by atomic mass is 32.2. The first-order chi connectivity index (χ1) is 9.96. The Morgan fingerprint density at radius 2 is 1.86 bits per heavy atom. The summed E-state index contributed by atoms with van der Waals surface area (Å²) in [6.07, 6.45) is 4.50. The minimum absolute atomic E-state index is 0.275. The van der Waals surface area contributed by atoms with E-state index in [0.717, 1.165) is 25.1 Å². The zero-order valence-electron chi connectivity index (χ0n) is 13.4. The number of benzene rings is 1. The van der Waals surface area contributed by atoms with Gasteiger partial charge in [0.2, 0.25) is 0 Å². The topological polar surface area (TPSA) is 67.2 Å². The van der Waals surface area contributed by atoms with Gasteiger partial charge in [-0.05, 0) is 43.7 Å². The monoisotopic (exact) mass is 309 g/mol. The number of hydrogen-bond donors (Lipinski definition) is 3. The minimum Gasteiger partial charge on any atom is -0.351 e. The third kappa shape index (κ3) is 5.25. The van der Waals surface area contributed by atoms with Crippen LogP contribution in [0.15, 0.2) is 24.3 Å². The number of nitrogens with one attached hydrogen (secondary N) is 2. The molecule has 1 aromatic rings. The van der Waals surface area contributed by atoms with E-state index in [1.165, 1.54) is 5.56 Å². The second kappa shape index (κ2) is 8.29. The van der Waals surface area contributed by atoms with Gasteiger partial charge in [-0.1, -0.05) is 26.0 Å². The van der Waals surface area contributed by atoms with E-state index in [1.807, 2.05) is 36.0 Å². The first-order valence-electron chi connectivity index (χ1n) is 7.41. The number of anilines is 1. The Morgan fingerprint density at radius 3 is 2.29 bits per heavy atom. The van der Waals surface area contributed by atoms with Crippen molar-refractivity contribution >= 4 is 23.5 Å². The van der Waals surface area contributed by atoms with Crippen molar-refractivity contribution in [3.8, 4) is 0 Å². The Labute approximate surface area is 132 Å². The molecule has 0 aromatic heterocycles. The molecule has 2 amide bonds. The molecule has 118 valence electrons. The summed E-state index contributed by atoms with van der Waals surface area (Å²) in [4.78, 5) is 10.8. The quantitative estimate of drug-likeness (QED) is 0.685. The average molecular weight is 309 g/mol. The van der Waals surface area contributed by atoms with Crippen molar-refractivity contribution < 1.29 is 4.79 Å². The molecule has 5 heteroatoms. The van der Waals surface area contributed by atoms with Crippen molar-refractivity contribution in [3.63, 3.8) is 0 Å². The second-order valence-corrected chi connectivity index (χ2v) is 6.58. The van der Waals surface area contributed by atoms with Crippen molar-refractivity contribution in [1.29, 1.82) is 0 Å². The lowest BCUT2D eigenvalue weighted by Gasteiger charge is -2.31. The van der Waals surface area contributed by atoms with Gasteiger partial charge in [0.05, 0.1) is 0 Å². The summed E-state index contributed by atoms with van der Waals surface area (Å²) in [6.45, 7) is 7.64. The summed E-state index contributed by atoms with van der Waals surface area (Å²) < 4.78 is 0.307. The van der Waals surface area contributed by atoms with Gasteiger partial charge in [0.1, 0.15) is 0 Å². The minimum atomic E-state index is -0.537. The molecule has 4 N–H and O–H groups in total. The van der Waals surface area contributed by atoms with Gasteiger partial charge in [-0.2, -0.15) is 11.8 Å². The van der Waals surface area contributed by atoms with Crippen LogP contribution in [0.3, 0.4) is 0 Å². The Kier molecular flexibility index (Phi) is 7.05. The fourth-order valence-electron chi connectivity index (χ4n) is 2.32. The Balaban J connectivity index is 2.63. The third-order valence-corrected chi connectivity index (χ3v) is 5.72. The van der Waals surface area contributed by atoms with E-state index in [0.29, 0.717) is 4.75 Å². The molecule has 0 heterocycles. The van der Waals surface area contributed by atoms with E-state index in [-0.39, 0.29) is 6.04 Å². The zero-order chi connectivity index (χ0) is 15.9. The first-order valence-corrected chi connectivity index (χ1v) is 8.63. The lowest BCUT2D eigenvalue weighted by molar-refractivity contribution is 0.259. The molecule has 1 unspecified atom stereocenters. The van der Waals surface area contributed by atoms with Crippen LogP contribution in [0.2, 0.25) is 0 Å². The van der Waals surface area contributed by atoms with Crippen molar-refractivity contribution in [1.82, 2.24) is 5.32 Å². The maximum Gasteiger partial charge on any atom is 0.316 e. The molecule has 0 aliphatic carbocycles. The maximum atomic E-state index is 10.8. The van der Waals surface area contributed by atoms with Gasteiger partial charge in [-0.15, -0.1) is 0 Å². The Bertz CT molecular complexity index is 435. The van der Waals surface area contributed by atoms with Crippen LogP contribution in [0, 0.1) is 0 Å². The van der Waals surface area contributed by atoms with Crippen LogP contribution in [0.1, 0.15) is 45.2 Å². The van der Waals surface area contributed by atoms with E-state index in [9.17, 15) is 4.79 Å². The Morgan fingerprint density at radius 1 is 1.29 bits per heavy atom. The highest BCUT2D eigenvalue weighted by Gasteiger charge is 2.25. The predicted octanol–water partition coefficient (Wildman–Crippen LogP) is 3.75. The van der Waals surface area contributed by atoms with Crippen molar-refractivity contribution in [2.75, 3.05) is 18.1 Å². The molecule has 4 nitrogen and oxygen atoms in total. The van der Waals surface area contributed by atoms with E-state index < -0.39 is 6.03 Å². The molecule has 0 radical (unpaired) electrons. The van der Waals surface area contributed by atoms with Gasteiger partial charge in [0, 0.05) is 23.0 Å². The molecule has 0 aliphatic heterocycles. The van der Waals surface area contributed by atoms with Gasteiger partial charge in [0.15, 0.2) is 0 Å². The highest BCUT2D eigenvalue weighted by molar-refractivity contribution is 8.00. The molecule has 0 saturated carbocycles. The molecule has 0 spiro atoms. The average Bonchev–Trinajstić information content (AvgIpc) is 2.49. The van der Waals surface area contributed by atoms with Crippen LogP contribution in [0.4, 0.5) is 10.5 Å². The zero-order valence-corrected chi connectivity index (χ0v) is 14.2. The number of hydrogen-bond acceptors (Lipinski definition) is 3. The molecule has 0 aliphatic rings. The van der Waals surface area contributed by atoms with Crippen LogP contribution in [-0.4, -0.2) is 23.6 Å². The summed E-state index contributed by atoms with van der Waals surface area (Å²) in [5, 5.41) is 6.19. The van der Waals surface area contributed by atoms with Crippen LogP contribution >= 0.6 is 11.8 Å². The molecule has 1 rings (SSSR count). The molecule has 1 aromatic carbocycles. The van der Waals surface area contributed by atoms with E-state index in [1.54, 1.807) is 0 Å². The Hall–Kier alpha value is -1.20. The fourth-order valence-corrected chi connectivity index (χ4v) is 3.12. The van der Waals surface area contributed by atoms with Crippen molar-refractivity contribution in [2.24, 2.45) is 5.73 Å². The summed E-state index contributed by atoms with van der Waals surface area (Å²) >= 11 is 1.94. The number of rotatable bonds is 8. The van der Waals surface area contributed by atoms with Crippen LogP contribution in [0.5, 0.6) is 0 Å². The lowest BCUT2D eigenvalue weighted by atomic mass is 10.0.